The summed E-state index contributed by atoms with van der Waals surface area (Å²) >= 11 is 1.57. The monoisotopic (exact) mass is 345 g/mol. The zero-order chi connectivity index (χ0) is 16.7. The molecule has 4 heterocycles. The van der Waals surface area contributed by atoms with Crippen molar-refractivity contribution in [1.82, 2.24) is 19.5 Å². The molecule has 1 fully saturated rings. The molecule has 124 valence electrons. The Hall–Kier alpha value is -2.75. The molecule has 24 heavy (non-hydrogen) atoms. The van der Waals surface area contributed by atoms with Crippen LogP contribution in [0, 0.1) is 10.1 Å². The van der Waals surface area contributed by atoms with Crippen LogP contribution < -0.4 is 9.80 Å². The lowest BCUT2D eigenvalue weighted by atomic mass is 10.3. The highest BCUT2D eigenvalue weighted by Gasteiger charge is 2.29. The van der Waals surface area contributed by atoms with Gasteiger partial charge in [-0.2, -0.15) is 0 Å². The third-order valence-electron chi connectivity index (χ3n) is 4.07. The highest BCUT2D eigenvalue weighted by molar-refractivity contribution is 7.21. The molecule has 0 radical (unpaired) electrons. The molecule has 1 aliphatic heterocycles. The minimum atomic E-state index is -0.430. The lowest BCUT2D eigenvalue weighted by molar-refractivity contribution is -0.388. The molecule has 0 saturated carbocycles. The maximum atomic E-state index is 11.1. The molecule has 0 aromatic carbocycles. The third kappa shape index (κ3) is 2.44. The second kappa shape index (κ2) is 5.71. The first-order valence-corrected chi connectivity index (χ1v) is 8.32. The molecule has 3 aromatic rings. The number of aromatic nitrogens is 4. The van der Waals surface area contributed by atoms with Gasteiger partial charge in [-0.25, -0.2) is 9.97 Å². The minimum Gasteiger partial charge on any atom is -0.358 e. The fourth-order valence-corrected chi connectivity index (χ4v) is 3.87. The van der Waals surface area contributed by atoms with E-state index < -0.39 is 4.92 Å². The summed E-state index contributed by atoms with van der Waals surface area (Å²) < 4.78 is 1.70. The van der Waals surface area contributed by atoms with Crippen LogP contribution in [0.3, 0.4) is 0 Å². The summed E-state index contributed by atoms with van der Waals surface area (Å²) in [6, 6.07) is 3.84. The van der Waals surface area contributed by atoms with Crippen molar-refractivity contribution in [1.29, 1.82) is 0 Å². The van der Waals surface area contributed by atoms with Crippen LogP contribution in [0.25, 0.3) is 10.3 Å². The van der Waals surface area contributed by atoms with Crippen LogP contribution in [0.4, 0.5) is 16.8 Å². The van der Waals surface area contributed by atoms with Gasteiger partial charge in [0.2, 0.25) is 12.1 Å². The van der Waals surface area contributed by atoms with Crippen molar-refractivity contribution in [3.05, 3.63) is 34.8 Å². The van der Waals surface area contributed by atoms with E-state index in [4.69, 9.17) is 0 Å². The van der Waals surface area contributed by atoms with Gasteiger partial charge >= 0.3 is 5.82 Å². The Balaban J connectivity index is 1.53. The van der Waals surface area contributed by atoms with Gasteiger partial charge in [0.05, 0.1) is 0 Å². The largest absolute Gasteiger partial charge is 0.406 e. The first-order valence-electron chi connectivity index (χ1n) is 7.50. The maximum Gasteiger partial charge on any atom is 0.406 e. The number of piperazine rings is 1. The second-order valence-electron chi connectivity index (χ2n) is 5.56. The lowest BCUT2D eigenvalue weighted by Gasteiger charge is -2.35. The Kier molecular flexibility index (Phi) is 3.53. The number of pyridine rings is 1. The molecule has 0 aliphatic carbocycles. The molecular formula is C14H15N7O2S. The highest BCUT2D eigenvalue weighted by Crippen LogP contribution is 2.30. The summed E-state index contributed by atoms with van der Waals surface area (Å²) in [5.74, 6) is 0.473. The van der Waals surface area contributed by atoms with E-state index in [0.717, 1.165) is 28.6 Å². The fourth-order valence-electron chi connectivity index (χ4n) is 2.91. The number of hydrogen-bond acceptors (Lipinski definition) is 8. The van der Waals surface area contributed by atoms with E-state index in [9.17, 15) is 10.1 Å². The number of fused-ring (bicyclic) bond motifs is 1. The maximum absolute atomic E-state index is 11.1. The molecular weight excluding hydrogens is 330 g/mol. The quantitative estimate of drug-likeness (QED) is 0.526. The van der Waals surface area contributed by atoms with Gasteiger partial charge in [-0.05, 0) is 22.0 Å². The van der Waals surface area contributed by atoms with Gasteiger partial charge in [-0.1, -0.05) is 11.3 Å². The van der Waals surface area contributed by atoms with Crippen LogP contribution in [-0.4, -0.2) is 50.6 Å². The summed E-state index contributed by atoms with van der Waals surface area (Å²) in [5, 5.41) is 12.1. The van der Waals surface area contributed by atoms with Crippen molar-refractivity contribution in [3.8, 4) is 0 Å². The van der Waals surface area contributed by atoms with Crippen molar-refractivity contribution >= 4 is 38.5 Å². The molecule has 0 atom stereocenters. The van der Waals surface area contributed by atoms with Crippen LogP contribution in [-0.2, 0) is 7.05 Å². The molecule has 0 bridgehead atoms. The number of thiazole rings is 1. The summed E-state index contributed by atoms with van der Waals surface area (Å²) in [7, 11) is 1.78. The van der Waals surface area contributed by atoms with Crippen LogP contribution in [0.2, 0.25) is 0 Å². The normalized spacial score (nSPS) is 15.2. The zero-order valence-electron chi connectivity index (χ0n) is 13.0. The summed E-state index contributed by atoms with van der Waals surface area (Å²) in [5.41, 5.74) is 0.905. The third-order valence-corrected chi connectivity index (χ3v) is 5.11. The Morgan fingerprint density at radius 2 is 1.96 bits per heavy atom. The highest BCUT2D eigenvalue weighted by atomic mass is 32.1. The number of anilines is 2. The van der Waals surface area contributed by atoms with Crippen LogP contribution >= 0.6 is 11.3 Å². The second-order valence-corrected chi connectivity index (χ2v) is 6.51. The molecule has 1 saturated heterocycles. The number of nitro groups is 1. The van der Waals surface area contributed by atoms with Crippen molar-refractivity contribution < 1.29 is 4.92 Å². The van der Waals surface area contributed by atoms with Gasteiger partial charge < -0.3 is 19.9 Å². The molecule has 0 unspecified atom stereocenters. The van der Waals surface area contributed by atoms with E-state index in [1.54, 1.807) is 29.1 Å². The molecule has 0 N–H and O–H groups in total. The zero-order valence-corrected chi connectivity index (χ0v) is 13.8. The molecule has 4 rings (SSSR count). The Morgan fingerprint density at radius 3 is 2.67 bits per heavy atom. The molecule has 1 aliphatic rings. The van der Waals surface area contributed by atoms with Crippen LogP contribution in [0.15, 0.2) is 24.7 Å². The van der Waals surface area contributed by atoms with E-state index in [1.165, 1.54) is 6.33 Å². The van der Waals surface area contributed by atoms with Crippen LogP contribution in [0.5, 0.6) is 0 Å². The van der Waals surface area contributed by atoms with Gasteiger partial charge in [0.1, 0.15) is 10.3 Å². The predicted molar refractivity (Wildman–Crippen MR) is 91.7 cm³/mol. The SMILES string of the molecule is Cn1cnc([N+](=O)[O-])c1N1CCN(c2nc3cccnc3s2)CC1. The van der Waals surface area contributed by atoms with Gasteiger partial charge in [-0.3, -0.25) is 4.57 Å². The Bertz CT molecular complexity index is 865. The molecule has 3 aromatic heterocycles. The van der Waals surface area contributed by atoms with E-state index in [0.29, 0.717) is 18.9 Å². The van der Waals surface area contributed by atoms with Crippen LogP contribution in [0.1, 0.15) is 0 Å². The first-order chi connectivity index (χ1) is 11.6. The summed E-state index contributed by atoms with van der Waals surface area (Å²) in [4.78, 5) is 28.7. The average Bonchev–Trinajstić information content (AvgIpc) is 3.18. The number of rotatable bonds is 3. The first kappa shape index (κ1) is 14.8. The topological polar surface area (TPSA) is 93.2 Å². The molecule has 9 nitrogen and oxygen atoms in total. The fraction of sp³-hybridized carbons (Fsp3) is 0.357. The molecule has 10 heteroatoms. The lowest BCUT2D eigenvalue weighted by Crippen LogP contribution is -2.47. The number of imidazole rings is 1. The Labute approximate surface area is 141 Å². The van der Waals surface area contributed by atoms with Gasteiger partial charge in [0.25, 0.3) is 0 Å². The van der Waals surface area contributed by atoms with Gasteiger partial charge in [-0.15, -0.1) is 0 Å². The number of hydrogen-bond donors (Lipinski definition) is 0. The Morgan fingerprint density at radius 1 is 1.21 bits per heavy atom. The number of nitrogens with zero attached hydrogens (tertiary/aromatic N) is 7. The van der Waals surface area contributed by atoms with E-state index in [2.05, 4.69) is 19.9 Å². The van der Waals surface area contributed by atoms with E-state index >= 15 is 0 Å². The minimum absolute atomic E-state index is 0.0878. The van der Waals surface area contributed by atoms with E-state index in [1.807, 2.05) is 17.0 Å². The van der Waals surface area contributed by atoms with E-state index in [-0.39, 0.29) is 5.82 Å². The van der Waals surface area contributed by atoms with Gasteiger partial charge in [0.15, 0.2) is 5.13 Å². The smallest absolute Gasteiger partial charge is 0.358 e. The molecule has 0 amide bonds. The molecule has 0 spiro atoms. The van der Waals surface area contributed by atoms with Crippen molar-refractivity contribution in [3.63, 3.8) is 0 Å². The van der Waals surface area contributed by atoms with Crippen molar-refractivity contribution in [2.45, 2.75) is 0 Å². The van der Waals surface area contributed by atoms with Crippen molar-refractivity contribution in [2.24, 2.45) is 7.05 Å². The van der Waals surface area contributed by atoms with Gasteiger partial charge in [0, 0.05) is 39.4 Å². The standard InChI is InChI=1S/C14H15N7O2S/c1-18-9-16-11(21(22)23)13(18)19-5-7-20(8-6-19)14-17-10-3-2-4-15-12(10)24-14/h2-4,9H,5-8H2,1H3. The van der Waals surface area contributed by atoms with Crippen molar-refractivity contribution in [2.75, 3.05) is 36.0 Å². The number of aryl methyl sites for hydroxylation is 1. The summed E-state index contributed by atoms with van der Waals surface area (Å²) in [6.45, 7) is 2.87. The predicted octanol–water partition coefficient (Wildman–Crippen LogP) is 1.66. The average molecular weight is 345 g/mol. The summed E-state index contributed by atoms with van der Waals surface area (Å²) in [6.07, 6.45) is 3.25.